The molecule has 8 heteroatoms. The summed E-state index contributed by atoms with van der Waals surface area (Å²) in [7, 11) is 0. The van der Waals surface area contributed by atoms with Gasteiger partial charge in [0.05, 0.1) is 30.6 Å². The number of fused-ring (bicyclic) bond motifs is 2. The van der Waals surface area contributed by atoms with Crippen LogP contribution in [-0.2, 0) is 19.1 Å². The van der Waals surface area contributed by atoms with Crippen molar-refractivity contribution in [2.45, 2.75) is 71.2 Å². The first kappa shape index (κ1) is 27.6. The number of para-hydroxylation sites is 1. The summed E-state index contributed by atoms with van der Waals surface area (Å²) in [6.45, 7) is 11.2. The SMILES string of the molecule is CCCN1CC=C[C@@H]2O[C@]34C=CCN(c5c(C)cccc5C)C(=O)C3N([C@@H](CO)CC(C)C)C(=O)[C@@H]4[C@@H]2C1=O. The van der Waals surface area contributed by atoms with E-state index < -0.39 is 35.6 Å². The van der Waals surface area contributed by atoms with Crippen molar-refractivity contribution >= 4 is 23.4 Å². The number of amides is 3. The quantitative estimate of drug-likeness (QED) is 0.542. The number of nitrogens with zero attached hydrogens (tertiary/aromatic N) is 3. The Morgan fingerprint density at radius 1 is 1.05 bits per heavy atom. The van der Waals surface area contributed by atoms with E-state index in [1.165, 1.54) is 0 Å². The normalized spacial score (nSPS) is 30.9. The highest BCUT2D eigenvalue weighted by Gasteiger charge is 2.72. The van der Waals surface area contributed by atoms with Gasteiger partial charge in [0, 0.05) is 25.3 Å². The van der Waals surface area contributed by atoms with Gasteiger partial charge in [0.15, 0.2) is 0 Å². The number of hydrogen-bond acceptors (Lipinski definition) is 5. The zero-order valence-corrected chi connectivity index (χ0v) is 23.7. The summed E-state index contributed by atoms with van der Waals surface area (Å²) < 4.78 is 6.74. The van der Waals surface area contributed by atoms with E-state index in [0.717, 1.165) is 23.2 Å². The summed E-state index contributed by atoms with van der Waals surface area (Å²) in [6, 6.07) is 4.37. The Bertz CT molecular complexity index is 1190. The maximum Gasteiger partial charge on any atom is 0.253 e. The van der Waals surface area contributed by atoms with Crippen molar-refractivity contribution in [2.75, 3.05) is 31.1 Å². The summed E-state index contributed by atoms with van der Waals surface area (Å²) in [5.74, 6) is -2.01. The number of likely N-dealkylation sites (tertiary alicyclic amines) is 1. The lowest BCUT2D eigenvalue weighted by Crippen LogP contribution is -2.58. The predicted molar refractivity (Wildman–Crippen MR) is 149 cm³/mol. The smallest absolute Gasteiger partial charge is 0.253 e. The third-order valence-electron chi connectivity index (χ3n) is 8.73. The van der Waals surface area contributed by atoms with E-state index in [0.29, 0.717) is 26.1 Å². The zero-order valence-electron chi connectivity index (χ0n) is 23.7. The molecule has 0 bridgehead atoms. The summed E-state index contributed by atoms with van der Waals surface area (Å²) in [5, 5.41) is 10.5. The Labute approximate surface area is 231 Å². The second-order valence-electron chi connectivity index (χ2n) is 11.9. The van der Waals surface area contributed by atoms with Gasteiger partial charge in [-0.15, -0.1) is 0 Å². The number of rotatable bonds is 7. The van der Waals surface area contributed by atoms with Crippen LogP contribution >= 0.6 is 0 Å². The molecule has 0 aromatic heterocycles. The van der Waals surface area contributed by atoms with Gasteiger partial charge < -0.3 is 24.5 Å². The van der Waals surface area contributed by atoms with Crippen molar-refractivity contribution in [1.82, 2.24) is 9.80 Å². The van der Waals surface area contributed by atoms with Gasteiger partial charge in [0.2, 0.25) is 11.8 Å². The van der Waals surface area contributed by atoms with E-state index in [-0.39, 0.29) is 30.2 Å². The van der Waals surface area contributed by atoms with E-state index in [1.807, 2.05) is 77.1 Å². The van der Waals surface area contributed by atoms with Crippen LogP contribution in [0.4, 0.5) is 5.69 Å². The summed E-state index contributed by atoms with van der Waals surface area (Å²) in [4.78, 5) is 48.2. The number of ether oxygens (including phenoxy) is 1. The summed E-state index contributed by atoms with van der Waals surface area (Å²) in [5.41, 5.74) is 1.45. The second kappa shape index (κ2) is 10.5. The predicted octanol–water partition coefficient (Wildman–Crippen LogP) is 3.00. The highest BCUT2D eigenvalue weighted by atomic mass is 16.5. The first-order valence-electron chi connectivity index (χ1n) is 14.3. The van der Waals surface area contributed by atoms with Crippen molar-refractivity contribution in [3.63, 3.8) is 0 Å². The van der Waals surface area contributed by atoms with Crippen molar-refractivity contribution in [3.8, 4) is 0 Å². The summed E-state index contributed by atoms with van der Waals surface area (Å²) >= 11 is 0. The van der Waals surface area contributed by atoms with Crippen LogP contribution in [0.2, 0.25) is 0 Å². The Hall–Kier alpha value is -2.97. The number of aliphatic hydroxyl groups is 1. The lowest BCUT2D eigenvalue weighted by atomic mass is 9.77. The Balaban J connectivity index is 1.66. The molecule has 1 N–H and O–H groups in total. The average molecular weight is 536 g/mol. The first-order chi connectivity index (χ1) is 18.7. The Morgan fingerprint density at radius 2 is 1.77 bits per heavy atom. The molecule has 2 fully saturated rings. The molecule has 4 aliphatic rings. The molecule has 6 atom stereocenters. The molecule has 2 saturated heterocycles. The minimum Gasteiger partial charge on any atom is -0.394 e. The maximum absolute atomic E-state index is 14.7. The Kier molecular flexibility index (Phi) is 7.46. The van der Waals surface area contributed by atoms with Crippen molar-refractivity contribution in [2.24, 2.45) is 17.8 Å². The highest BCUT2D eigenvalue weighted by molar-refractivity contribution is 6.06. The van der Waals surface area contributed by atoms with Crippen LogP contribution < -0.4 is 4.90 Å². The number of benzene rings is 1. The van der Waals surface area contributed by atoms with Crippen LogP contribution in [0.25, 0.3) is 0 Å². The third-order valence-corrected chi connectivity index (χ3v) is 8.73. The molecule has 4 heterocycles. The number of aryl methyl sites for hydroxylation is 2. The van der Waals surface area contributed by atoms with Gasteiger partial charge in [0.25, 0.3) is 5.91 Å². The van der Waals surface area contributed by atoms with Gasteiger partial charge in [0.1, 0.15) is 11.6 Å². The van der Waals surface area contributed by atoms with Gasteiger partial charge >= 0.3 is 0 Å². The fourth-order valence-electron chi connectivity index (χ4n) is 7.25. The average Bonchev–Trinajstić information content (AvgIpc) is 3.21. The topological polar surface area (TPSA) is 90.4 Å². The molecule has 210 valence electrons. The molecule has 3 amide bonds. The van der Waals surface area contributed by atoms with Crippen LogP contribution in [0, 0.1) is 31.6 Å². The van der Waals surface area contributed by atoms with E-state index in [1.54, 1.807) is 14.7 Å². The minimum atomic E-state index is -1.30. The molecule has 5 rings (SSSR count). The molecular weight excluding hydrogens is 494 g/mol. The van der Waals surface area contributed by atoms with E-state index in [2.05, 4.69) is 0 Å². The van der Waals surface area contributed by atoms with Gasteiger partial charge in [-0.2, -0.15) is 0 Å². The number of carbonyl (C=O) groups excluding carboxylic acids is 3. The van der Waals surface area contributed by atoms with Gasteiger partial charge in [-0.25, -0.2) is 0 Å². The molecule has 1 aromatic rings. The van der Waals surface area contributed by atoms with Crippen molar-refractivity contribution in [3.05, 3.63) is 53.6 Å². The molecule has 39 heavy (non-hydrogen) atoms. The van der Waals surface area contributed by atoms with Crippen LogP contribution in [0.15, 0.2) is 42.5 Å². The van der Waals surface area contributed by atoms with Gasteiger partial charge in [-0.1, -0.05) is 63.3 Å². The molecule has 0 radical (unpaired) electrons. The second-order valence-corrected chi connectivity index (χ2v) is 11.9. The summed E-state index contributed by atoms with van der Waals surface area (Å²) in [6.07, 6.45) is 8.35. The first-order valence-corrected chi connectivity index (χ1v) is 14.3. The largest absolute Gasteiger partial charge is 0.394 e. The van der Waals surface area contributed by atoms with E-state index in [4.69, 9.17) is 4.74 Å². The number of anilines is 1. The van der Waals surface area contributed by atoms with Crippen molar-refractivity contribution < 1.29 is 24.2 Å². The molecule has 0 aliphatic carbocycles. The lowest BCUT2D eigenvalue weighted by Gasteiger charge is -2.39. The van der Waals surface area contributed by atoms with Gasteiger partial charge in [-0.05, 0) is 43.7 Å². The highest BCUT2D eigenvalue weighted by Crippen LogP contribution is 2.54. The van der Waals surface area contributed by atoms with Crippen LogP contribution in [0.3, 0.4) is 0 Å². The van der Waals surface area contributed by atoms with Crippen molar-refractivity contribution in [1.29, 1.82) is 0 Å². The molecule has 0 saturated carbocycles. The minimum absolute atomic E-state index is 0.108. The fraction of sp³-hybridized carbons (Fsp3) is 0.581. The molecule has 1 spiro atoms. The standard InChI is InChI=1S/C31H41N3O5/c1-6-14-32-15-8-12-23-24(28(32)36)25-29(37)34(22(18-35)17-19(2)3)27-30(38)33(16-9-13-31(25,27)39-23)26-20(4)10-7-11-21(26)5/h7-13,19,22-25,27,35H,6,14-18H2,1-5H3/t22-,23+,24-,25+,27?,31+/m1/s1. The molecular formula is C31H41N3O5. The monoisotopic (exact) mass is 535 g/mol. The number of carbonyl (C=O) groups is 3. The van der Waals surface area contributed by atoms with Gasteiger partial charge in [-0.3, -0.25) is 14.4 Å². The number of hydrogen-bond donors (Lipinski definition) is 1. The molecule has 1 aromatic carbocycles. The van der Waals surface area contributed by atoms with Crippen LogP contribution in [0.5, 0.6) is 0 Å². The maximum atomic E-state index is 14.7. The molecule has 8 nitrogen and oxygen atoms in total. The third kappa shape index (κ3) is 4.32. The van der Waals surface area contributed by atoms with Crippen LogP contribution in [-0.4, -0.2) is 82.7 Å². The Morgan fingerprint density at radius 3 is 2.41 bits per heavy atom. The molecule has 1 unspecified atom stereocenters. The van der Waals surface area contributed by atoms with Crippen LogP contribution in [0.1, 0.15) is 44.7 Å². The van der Waals surface area contributed by atoms with E-state index >= 15 is 0 Å². The van der Waals surface area contributed by atoms with E-state index in [9.17, 15) is 19.5 Å². The zero-order chi connectivity index (χ0) is 28.1. The lowest BCUT2D eigenvalue weighted by molar-refractivity contribution is -0.147. The number of aliphatic hydroxyl groups excluding tert-OH is 1. The fourth-order valence-corrected chi connectivity index (χ4v) is 7.25. The molecule has 4 aliphatic heterocycles.